The Kier molecular flexibility index (Phi) is 7.08. The van der Waals surface area contributed by atoms with Gasteiger partial charge in [-0.2, -0.15) is 0 Å². The molecule has 1 amide bonds. The summed E-state index contributed by atoms with van der Waals surface area (Å²) >= 11 is 1.10. The van der Waals surface area contributed by atoms with Gasteiger partial charge in [0.1, 0.15) is 5.69 Å². The molecule has 2 aromatic carbocycles. The summed E-state index contributed by atoms with van der Waals surface area (Å²) in [4.78, 5) is 27.2. The Hall–Kier alpha value is -3.33. The maximum absolute atomic E-state index is 12.3. The minimum absolute atomic E-state index is 0.0657. The molecule has 3 rings (SSSR count). The molecule has 156 valence electrons. The van der Waals surface area contributed by atoms with Crippen LogP contribution in [0.5, 0.6) is 11.5 Å². The van der Waals surface area contributed by atoms with Crippen molar-refractivity contribution in [3.63, 3.8) is 0 Å². The molecule has 3 aromatic rings. The molecule has 0 unspecified atom stereocenters. The summed E-state index contributed by atoms with van der Waals surface area (Å²) in [5, 5.41) is 11.1. The monoisotopic (exact) mass is 426 g/mol. The Morgan fingerprint density at radius 2 is 1.80 bits per heavy atom. The van der Waals surface area contributed by atoms with Crippen LogP contribution in [0.15, 0.2) is 52.4 Å². The van der Waals surface area contributed by atoms with E-state index in [4.69, 9.17) is 9.47 Å². The molecule has 1 heterocycles. The largest absolute Gasteiger partial charge is 0.493 e. The summed E-state index contributed by atoms with van der Waals surface area (Å²) in [5.74, 6) is 0.903. The number of carbonyl (C=O) groups is 1. The molecule has 0 aliphatic rings. The van der Waals surface area contributed by atoms with Crippen LogP contribution in [0.2, 0.25) is 0 Å². The first-order valence-electron chi connectivity index (χ1n) is 9.14. The number of H-pyrrole nitrogens is 1. The van der Waals surface area contributed by atoms with E-state index < -0.39 is 0 Å². The standard InChI is InChI=1S/C21H22N4O4S/c1-13-4-6-14(7-5-13)10-16-20(27)23-21(25-24-16)30-12-19(26)22-15-8-9-17(28-2)18(11-15)29-3/h4-9,11H,10,12H2,1-3H3,(H,22,26)(H,23,25,27). The number of nitrogens with zero attached hydrogens (tertiary/aromatic N) is 2. The van der Waals surface area contributed by atoms with Crippen molar-refractivity contribution in [1.82, 2.24) is 15.2 Å². The molecular weight excluding hydrogens is 404 g/mol. The Bertz CT molecular complexity index is 1080. The van der Waals surface area contributed by atoms with Gasteiger partial charge in [-0.15, -0.1) is 10.2 Å². The predicted molar refractivity (Wildman–Crippen MR) is 116 cm³/mol. The fraction of sp³-hybridized carbons (Fsp3) is 0.238. The third-order valence-electron chi connectivity index (χ3n) is 4.24. The van der Waals surface area contributed by atoms with Crippen LogP contribution in [0.25, 0.3) is 0 Å². The Balaban J connectivity index is 1.57. The molecule has 0 spiro atoms. The van der Waals surface area contributed by atoms with Crippen LogP contribution in [-0.2, 0) is 11.2 Å². The lowest BCUT2D eigenvalue weighted by molar-refractivity contribution is -0.113. The number of ether oxygens (including phenoxy) is 2. The van der Waals surface area contributed by atoms with Crippen LogP contribution < -0.4 is 20.3 Å². The smallest absolute Gasteiger partial charge is 0.273 e. The van der Waals surface area contributed by atoms with Crippen LogP contribution in [0.3, 0.4) is 0 Å². The van der Waals surface area contributed by atoms with E-state index in [-0.39, 0.29) is 22.4 Å². The molecule has 1 aromatic heterocycles. The number of carbonyl (C=O) groups excluding carboxylic acids is 1. The van der Waals surface area contributed by atoms with Crippen molar-refractivity contribution >= 4 is 23.4 Å². The van der Waals surface area contributed by atoms with Crippen molar-refractivity contribution in [3.05, 3.63) is 69.6 Å². The molecule has 0 saturated carbocycles. The number of aryl methyl sites for hydroxylation is 1. The summed E-state index contributed by atoms with van der Waals surface area (Å²) in [7, 11) is 3.07. The van der Waals surface area contributed by atoms with E-state index >= 15 is 0 Å². The predicted octanol–water partition coefficient (Wildman–Crippen LogP) is 2.81. The van der Waals surface area contributed by atoms with E-state index in [0.29, 0.717) is 29.3 Å². The number of methoxy groups -OCH3 is 2. The maximum Gasteiger partial charge on any atom is 0.273 e. The van der Waals surface area contributed by atoms with Crippen molar-refractivity contribution in [2.75, 3.05) is 25.3 Å². The molecule has 0 fully saturated rings. The summed E-state index contributed by atoms with van der Waals surface area (Å²) in [6.07, 6.45) is 0.396. The fourth-order valence-electron chi connectivity index (χ4n) is 2.67. The van der Waals surface area contributed by atoms with Gasteiger partial charge in [0, 0.05) is 18.2 Å². The Labute approximate surface area is 178 Å². The van der Waals surface area contributed by atoms with Gasteiger partial charge < -0.3 is 14.8 Å². The molecule has 30 heavy (non-hydrogen) atoms. The van der Waals surface area contributed by atoms with Gasteiger partial charge in [-0.1, -0.05) is 41.6 Å². The van der Waals surface area contributed by atoms with Gasteiger partial charge in [-0.05, 0) is 24.6 Å². The third kappa shape index (κ3) is 5.60. The SMILES string of the molecule is COc1ccc(NC(=O)CSc2nnc(Cc3ccc(C)cc3)c(=O)[nH]2)cc1OC. The van der Waals surface area contributed by atoms with Crippen LogP contribution in [0.1, 0.15) is 16.8 Å². The van der Waals surface area contributed by atoms with Gasteiger partial charge in [-0.25, -0.2) is 0 Å². The molecule has 8 nitrogen and oxygen atoms in total. The van der Waals surface area contributed by atoms with E-state index in [2.05, 4.69) is 20.5 Å². The molecule has 0 aliphatic heterocycles. The lowest BCUT2D eigenvalue weighted by Gasteiger charge is -2.10. The number of rotatable bonds is 8. The van der Waals surface area contributed by atoms with Crippen LogP contribution in [-0.4, -0.2) is 41.1 Å². The number of hydrogen-bond donors (Lipinski definition) is 2. The van der Waals surface area contributed by atoms with Crippen LogP contribution in [0, 0.1) is 6.92 Å². The quantitative estimate of drug-likeness (QED) is 0.534. The lowest BCUT2D eigenvalue weighted by Crippen LogP contribution is -2.19. The average molecular weight is 426 g/mol. The number of benzene rings is 2. The Morgan fingerprint density at radius 1 is 1.07 bits per heavy atom. The second-order valence-corrected chi connectivity index (χ2v) is 7.44. The van der Waals surface area contributed by atoms with E-state index in [0.717, 1.165) is 22.9 Å². The van der Waals surface area contributed by atoms with Gasteiger partial charge in [0.25, 0.3) is 5.56 Å². The minimum Gasteiger partial charge on any atom is -0.493 e. The summed E-state index contributed by atoms with van der Waals surface area (Å²) in [6, 6.07) is 13.0. The van der Waals surface area contributed by atoms with E-state index in [1.807, 2.05) is 31.2 Å². The van der Waals surface area contributed by atoms with E-state index in [9.17, 15) is 9.59 Å². The van der Waals surface area contributed by atoms with Crippen LogP contribution in [0.4, 0.5) is 5.69 Å². The number of aromatic nitrogens is 3. The number of aromatic amines is 1. The van der Waals surface area contributed by atoms with Crippen molar-refractivity contribution in [2.45, 2.75) is 18.5 Å². The molecule has 9 heteroatoms. The van der Waals surface area contributed by atoms with Crippen molar-refractivity contribution in [1.29, 1.82) is 0 Å². The molecule has 0 atom stereocenters. The summed E-state index contributed by atoms with van der Waals surface area (Å²) in [6.45, 7) is 2.00. The van der Waals surface area contributed by atoms with Crippen molar-refractivity contribution in [3.8, 4) is 11.5 Å². The third-order valence-corrected chi connectivity index (χ3v) is 5.11. The number of amides is 1. The van der Waals surface area contributed by atoms with Gasteiger partial charge in [0.05, 0.1) is 20.0 Å². The zero-order valence-electron chi connectivity index (χ0n) is 16.9. The van der Waals surface area contributed by atoms with E-state index in [1.54, 1.807) is 25.3 Å². The van der Waals surface area contributed by atoms with Gasteiger partial charge in [-0.3, -0.25) is 14.6 Å². The molecule has 0 radical (unpaired) electrons. The van der Waals surface area contributed by atoms with Crippen molar-refractivity contribution < 1.29 is 14.3 Å². The highest BCUT2D eigenvalue weighted by atomic mass is 32.2. The second kappa shape index (κ2) is 9.93. The first-order chi connectivity index (χ1) is 14.5. The highest BCUT2D eigenvalue weighted by Gasteiger charge is 2.11. The highest BCUT2D eigenvalue weighted by Crippen LogP contribution is 2.29. The number of hydrogen-bond acceptors (Lipinski definition) is 7. The molecule has 0 aliphatic carbocycles. The lowest BCUT2D eigenvalue weighted by atomic mass is 10.1. The second-order valence-electron chi connectivity index (χ2n) is 6.47. The Morgan fingerprint density at radius 3 is 2.47 bits per heavy atom. The van der Waals surface area contributed by atoms with Gasteiger partial charge in [0.15, 0.2) is 16.7 Å². The number of thioether (sulfide) groups is 1. The first kappa shape index (κ1) is 21.4. The van der Waals surface area contributed by atoms with Gasteiger partial charge >= 0.3 is 0 Å². The fourth-order valence-corrected chi connectivity index (χ4v) is 3.27. The zero-order valence-corrected chi connectivity index (χ0v) is 17.7. The average Bonchev–Trinajstić information content (AvgIpc) is 2.75. The zero-order chi connectivity index (χ0) is 21.5. The number of nitrogens with one attached hydrogen (secondary N) is 2. The normalized spacial score (nSPS) is 10.5. The van der Waals surface area contributed by atoms with E-state index in [1.165, 1.54) is 7.11 Å². The molecule has 0 bridgehead atoms. The maximum atomic E-state index is 12.3. The van der Waals surface area contributed by atoms with Crippen molar-refractivity contribution in [2.24, 2.45) is 0 Å². The molecule has 0 saturated heterocycles. The summed E-state index contributed by atoms with van der Waals surface area (Å²) in [5.41, 5.74) is 2.73. The number of anilines is 1. The summed E-state index contributed by atoms with van der Waals surface area (Å²) < 4.78 is 10.4. The first-order valence-corrected chi connectivity index (χ1v) is 10.1. The van der Waals surface area contributed by atoms with Crippen LogP contribution >= 0.6 is 11.8 Å². The highest BCUT2D eigenvalue weighted by molar-refractivity contribution is 7.99. The topological polar surface area (TPSA) is 106 Å². The van der Waals surface area contributed by atoms with Gasteiger partial charge in [0.2, 0.25) is 5.91 Å². The minimum atomic E-state index is -0.312. The molecule has 2 N–H and O–H groups in total. The molecular formula is C21H22N4O4S.